The molecule has 0 fully saturated rings. The van der Waals surface area contributed by atoms with Crippen LogP contribution < -0.4 is 5.32 Å². The Hall–Kier alpha value is -4.26. The third-order valence-electron chi connectivity index (χ3n) is 7.36. The molecule has 1 aliphatic rings. The second-order valence-corrected chi connectivity index (χ2v) is 10.4. The molecule has 0 aromatic heterocycles. The largest absolute Gasteiger partial charge is 0.352 e. The number of carbonyl (C=O) groups is 4. The number of amides is 4. The van der Waals surface area contributed by atoms with Crippen LogP contribution in [0.15, 0.2) is 78.9 Å². The summed E-state index contributed by atoms with van der Waals surface area (Å²) in [7, 11) is 0. The van der Waals surface area contributed by atoms with Crippen molar-refractivity contribution in [3.05, 3.63) is 107 Å². The molecule has 0 radical (unpaired) electrons. The van der Waals surface area contributed by atoms with Gasteiger partial charge in [0.05, 0.1) is 11.1 Å². The summed E-state index contributed by atoms with van der Waals surface area (Å²) >= 11 is 0. The Morgan fingerprint density at radius 3 is 2.12 bits per heavy atom. The van der Waals surface area contributed by atoms with Crippen LogP contribution in [-0.4, -0.2) is 52.1 Å². The summed E-state index contributed by atoms with van der Waals surface area (Å²) in [6.07, 6.45) is 1.55. The summed E-state index contributed by atoms with van der Waals surface area (Å²) in [4.78, 5) is 55.9. The minimum Gasteiger partial charge on any atom is -0.352 e. The minimum absolute atomic E-state index is 0.0319. The van der Waals surface area contributed by atoms with E-state index in [0.717, 1.165) is 23.1 Å². The standard InChI is InChI=1S/C33H37N3O4/c1-4-24(3)34-31(38)29(21-25-13-6-5-7-14-25)36(22-26-15-10-12-23(2)20-26)30(37)18-11-19-35-32(39)27-16-8-9-17-28(27)33(35)40/h5-10,12-17,20,24,29H,4,11,18-19,21-22H2,1-3H3,(H,34,38)/t24-,29-/m1/s1. The lowest BCUT2D eigenvalue weighted by Crippen LogP contribution is -2.52. The molecule has 1 heterocycles. The van der Waals surface area contributed by atoms with Gasteiger partial charge in [-0.1, -0.05) is 79.2 Å². The number of imide groups is 1. The maximum absolute atomic E-state index is 13.8. The van der Waals surface area contributed by atoms with E-state index in [0.29, 0.717) is 24.0 Å². The fourth-order valence-corrected chi connectivity index (χ4v) is 4.98. The van der Waals surface area contributed by atoms with E-state index in [4.69, 9.17) is 0 Å². The highest BCUT2D eigenvalue weighted by Gasteiger charge is 2.35. The summed E-state index contributed by atoms with van der Waals surface area (Å²) in [6.45, 7) is 6.37. The van der Waals surface area contributed by atoms with Gasteiger partial charge in [0, 0.05) is 32.0 Å². The van der Waals surface area contributed by atoms with Crippen molar-refractivity contribution in [2.75, 3.05) is 6.54 Å². The monoisotopic (exact) mass is 539 g/mol. The smallest absolute Gasteiger partial charge is 0.261 e. The van der Waals surface area contributed by atoms with Gasteiger partial charge in [-0.2, -0.15) is 0 Å². The molecule has 7 heteroatoms. The summed E-state index contributed by atoms with van der Waals surface area (Å²) < 4.78 is 0. The molecule has 0 spiro atoms. The van der Waals surface area contributed by atoms with Crippen LogP contribution in [0.5, 0.6) is 0 Å². The number of carbonyl (C=O) groups excluding carboxylic acids is 4. The van der Waals surface area contributed by atoms with Crippen molar-refractivity contribution in [3.63, 3.8) is 0 Å². The average Bonchev–Trinajstić information content (AvgIpc) is 3.20. The number of rotatable bonds is 12. The van der Waals surface area contributed by atoms with Crippen molar-refractivity contribution < 1.29 is 19.2 Å². The highest BCUT2D eigenvalue weighted by Crippen LogP contribution is 2.23. The van der Waals surface area contributed by atoms with E-state index >= 15 is 0 Å². The molecular formula is C33H37N3O4. The van der Waals surface area contributed by atoms with Crippen LogP contribution >= 0.6 is 0 Å². The predicted molar refractivity (Wildman–Crippen MR) is 155 cm³/mol. The van der Waals surface area contributed by atoms with Gasteiger partial charge in [-0.05, 0) is 49.9 Å². The average molecular weight is 540 g/mol. The summed E-state index contributed by atoms with van der Waals surface area (Å²) in [5.74, 6) is -1.06. The first-order valence-corrected chi connectivity index (χ1v) is 13.9. The van der Waals surface area contributed by atoms with E-state index in [-0.39, 0.29) is 49.2 Å². The molecule has 0 aliphatic carbocycles. The Labute approximate surface area is 236 Å². The molecular weight excluding hydrogens is 502 g/mol. The van der Waals surface area contributed by atoms with Crippen LogP contribution in [0.1, 0.15) is 70.5 Å². The Bertz CT molecular complexity index is 1340. The Morgan fingerprint density at radius 1 is 0.875 bits per heavy atom. The van der Waals surface area contributed by atoms with Crippen LogP contribution in [0.3, 0.4) is 0 Å². The third-order valence-corrected chi connectivity index (χ3v) is 7.36. The fourth-order valence-electron chi connectivity index (χ4n) is 4.98. The first kappa shape index (κ1) is 28.7. The number of hydrogen-bond acceptors (Lipinski definition) is 4. The number of hydrogen-bond donors (Lipinski definition) is 1. The van der Waals surface area contributed by atoms with Crippen molar-refractivity contribution in [2.45, 2.75) is 65.1 Å². The number of benzene rings is 3. The van der Waals surface area contributed by atoms with Crippen molar-refractivity contribution in [3.8, 4) is 0 Å². The summed E-state index contributed by atoms with van der Waals surface area (Å²) in [6, 6.07) is 23.6. The van der Waals surface area contributed by atoms with Crippen molar-refractivity contribution >= 4 is 23.6 Å². The van der Waals surface area contributed by atoms with Crippen molar-refractivity contribution in [1.82, 2.24) is 15.1 Å². The highest BCUT2D eigenvalue weighted by atomic mass is 16.2. The van der Waals surface area contributed by atoms with Gasteiger partial charge in [0.25, 0.3) is 11.8 Å². The number of nitrogens with one attached hydrogen (secondary N) is 1. The summed E-state index contributed by atoms with van der Waals surface area (Å²) in [5, 5.41) is 3.07. The zero-order chi connectivity index (χ0) is 28.6. The molecule has 1 aliphatic heterocycles. The van der Waals surface area contributed by atoms with Crippen LogP contribution in [0.2, 0.25) is 0 Å². The number of aryl methyl sites for hydroxylation is 1. The molecule has 3 aromatic rings. The fraction of sp³-hybridized carbons (Fsp3) is 0.333. The van der Waals surface area contributed by atoms with E-state index in [9.17, 15) is 19.2 Å². The quantitative estimate of drug-likeness (QED) is 0.331. The van der Waals surface area contributed by atoms with E-state index in [2.05, 4.69) is 5.32 Å². The second-order valence-electron chi connectivity index (χ2n) is 10.4. The maximum Gasteiger partial charge on any atom is 0.261 e. The van der Waals surface area contributed by atoms with Crippen molar-refractivity contribution in [2.24, 2.45) is 0 Å². The molecule has 40 heavy (non-hydrogen) atoms. The van der Waals surface area contributed by atoms with Crippen molar-refractivity contribution in [1.29, 1.82) is 0 Å². The zero-order valence-electron chi connectivity index (χ0n) is 23.4. The Morgan fingerprint density at radius 2 is 1.50 bits per heavy atom. The van der Waals surface area contributed by atoms with Gasteiger partial charge in [0.1, 0.15) is 6.04 Å². The maximum atomic E-state index is 13.8. The minimum atomic E-state index is -0.719. The van der Waals surface area contributed by atoms with Crippen LogP contribution in [-0.2, 0) is 22.6 Å². The molecule has 4 amide bonds. The first-order chi connectivity index (χ1) is 19.3. The van der Waals surface area contributed by atoms with Crippen LogP contribution in [0.4, 0.5) is 0 Å². The van der Waals surface area contributed by atoms with Gasteiger partial charge in [-0.25, -0.2) is 0 Å². The first-order valence-electron chi connectivity index (χ1n) is 13.9. The molecule has 0 saturated heterocycles. The SMILES string of the molecule is CC[C@@H](C)NC(=O)[C@@H](Cc1ccccc1)N(Cc1cccc(C)c1)C(=O)CCCN1C(=O)c2ccccc2C1=O. The molecule has 7 nitrogen and oxygen atoms in total. The predicted octanol–water partition coefficient (Wildman–Crippen LogP) is 4.93. The summed E-state index contributed by atoms with van der Waals surface area (Å²) in [5.41, 5.74) is 3.75. The second kappa shape index (κ2) is 13.2. The van der Waals surface area contributed by atoms with Crippen LogP contribution in [0, 0.1) is 6.92 Å². The van der Waals surface area contributed by atoms with Gasteiger partial charge in [0.2, 0.25) is 11.8 Å². The molecule has 0 unspecified atom stereocenters. The van der Waals surface area contributed by atoms with Gasteiger partial charge in [-0.3, -0.25) is 24.1 Å². The molecule has 3 aromatic carbocycles. The topological polar surface area (TPSA) is 86.8 Å². The molecule has 0 saturated carbocycles. The Balaban J connectivity index is 1.55. The molecule has 4 rings (SSSR count). The van der Waals surface area contributed by atoms with Gasteiger partial charge >= 0.3 is 0 Å². The zero-order valence-corrected chi connectivity index (χ0v) is 23.4. The van der Waals surface area contributed by atoms with Gasteiger partial charge in [-0.15, -0.1) is 0 Å². The van der Waals surface area contributed by atoms with E-state index < -0.39 is 6.04 Å². The normalized spacial score (nSPS) is 14.0. The Kier molecular flexibility index (Phi) is 9.48. The van der Waals surface area contributed by atoms with E-state index in [1.807, 2.05) is 75.4 Å². The molecule has 208 valence electrons. The molecule has 2 atom stereocenters. The lowest BCUT2D eigenvalue weighted by atomic mass is 10.0. The van der Waals surface area contributed by atoms with E-state index in [1.54, 1.807) is 29.2 Å². The third kappa shape index (κ3) is 6.84. The lowest BCUT2D eigenvalue weighted by molar-refractivity contribution is -0.141. The molecule has 1 N–H and O–H groups in total. The van der Waals surface area contributed by atoms with E-state index in [1.165, 1.54) is 4.90 Å². The molecule has 0 bridgehead atoms. The van der Waals surface area contributed by atoms with Gasteiger partial charge < -0.3 is 10.2 Å². The lowest BCUT2D eigenvalue weighted by Gasteiger charge is -2.32. The highest BCUT2D eigenvalue weighted by molar-refractivity contribution is 6.21. The van der Waals surface area contributed by atoms with Gasteiger partial charge in [0.15, 0.2) is 0 Å². The number of nitrogens with zero attached hydrogens (tertiary/aromatic N) is 2. The number of fused-ring (bicyclic) bond motifs is 1. The van der Waals surface area contributed by atoms with Crippen LogP contribution in [0.25, 0.3) is 0 Å².